The number of aromatic amines is 1. The SMILES string of the molecule is Cc1cc(-c2cc(N3CCNCC3)n[nH]2)c(C)o1. The van der Waals surface area contributed by atoms with E-state index >= 15 is 0 Å². The van der Waals surface area contributed by atoms with Gasteiger partial charge in [-0.3, -0.25) is 5.10 Å². The molecule has 0 atom stereocenters. The first-order chi connectivity index (χ1) is 8.74. The Kier molecular flexibility index (Phi) is 2.83. The number of aromatic nitrogens is 2. The Hall–Kier alpha value is -1.75. The standard InChI is InChI=1S/C13H18N4O/c1-9-7-11(10(2)18-9)12-8-13(16-15-12)17-5-3-14-4-6-17/h7-8,14H,3-6H2,1-2H3,(H,15,16). The molecule has 0 aliphatic carbocycles. The molecule has 2 N–H and O–H groups in total. The lowest BCUT2D eigenvalue weighted by molar-refractivity contribution is 0.505. The topological polar surface area (TPSA) is 57.1 Å². The van der Waals surface area contributed by atoms with Gasteiger partial charge in [-0.2, -0.15) is 5.10 Å². The number of rotatable bonds is 2. The van der Waals surface area contributed by atoms with Crippen molar-refractivity contribution in [3.05, 3.63) is 23.7 Å². The van der Waals surface area contributed by atoms with Crippen molar-refractivity contribution in [3.63, 3.8) is 0 Å². The van der Waals surface area contributed by atoms with Crippen LogP contribution in [0.1, 0.15) is 11.5 Å². The summed E-state index contributed by atoms with van der Waals surface area (Å²) in [6.07, 6.45) is 0. The molecule has 2 aromatic rings. The van der Waals surface area contributed by atoms with Gasteiger partial charge in [-0.25, -0.2) is 0 Å². The third kappa shape index (κ3) is 2.01. The van der Waals surface area contributed by atoms with Crippen LogP contribution in [0.2, 0.25) is 0 Å². The van der Waals surface area contributed by atoms with Crippen molar-refractivity contribution < 1.29 is 4.42 Å². The molecule has 0 unspecified atom stereocenters. The molecule has 0 bridgehead atoms. The highest BCUT2D eigenvalue weighted by atomic mass is 16.3. The summed E-state index contributed by atoms with van der Waals surface area (Å²) in [5.74, 6) is 2.88. The Balaban J connectivity index is 1.86. The van der Waals surface area contributed by atoms with Crippen LogP contribution in [-0.2, 0) is 0 Å². The number of anilines is 1. The summed E-state index contributed by atoms with van der Waals surface area (Å²) >= 11 is 0. The van der Waals surface area contributed by atoms with Gasteiger partial charge in [-0.1, -0.05) is 0 Å². The van der Waals surface area contributed by atoms with Crippen molar-refractivity contribution in [2.45, 2.75) is 13.8 Å². The molecule has 1 saturated heterocycles. The zero-order chi connectivity index (χ0) is 12.5. The second kappa shape index (κ2) is 4.49. The molecule has 3 heterocycles. The third-order valence-electron chi connectivity index (χ3n) is 3.34. The molecule has 5 nitrogen and oxygen atoms in total. The van der Waals surface area contributed by atoms with Crippen molar-refractivity contribution in [3.8, 4) is 11.3 Å². The number of hydrogen-bond acceptors (Lipinski definition) is 4. The van der Waals surface area contributed by atoms with Crippen LogP contribution in [0.5, 0.6) is 0 Å². The van der Waals surface area contributed by atoms with Gasteiger partial charge in [0, 0.05) is 37.8 Å². The minimum absolute atomic E-state index is 0.931. The number of aryl methyl sites for hydroxylation is 2. The molecular formula is C13H18N4O. The number of furan rings is 1. The van der Waals surface area contributed by atoms with E-state index in [1.165, 1.54) is 0 Å². The van der Waals surface area contributed by atoms with Crippen LogP contribution < -0.4 is 10.2 Å². The number of piperazine rings is 1. The van der Waals surface area contributed by atoms with Crippen LogP contribution in [0.15, 0.2) is 16.5 Å². The van der Waals surface area contributed by atoms with E-state index in [0.717, 1.165) is 54.8 Å². The van der Waals surface area contributed by atoms with Crippen LogP contribution in [-0.4, -0.2) is 36.4 Å². The average Bonchev–Trinajstić information content (AvgIpc) is 2.97. The Labute approximate surface area is 106 Å². The Morgan fingerprint density at radius 3 is 2.67 bits per heavy atom. The first kappa shape index (κ1) is 11.3. The third-order valence-corrected chi connectivity index (χ3v) is 3.34. The maximum atomic E-state index is 5.55. The molecule has 1 fully saturated rings. The monoisotopic (exact) mass is 246 g/mol. The van der Waals surface area contributed by atoms with Crippen LogP contribution in [0.25, 0.3) is 11.3 Å². The van der Waals surface area contributed by atoms with Crippen LogP contribution in [0.3, 0.4) is 0 Å². The molecule has 0 radical (unpaired) electrons. The molecule has 0 aromatic carbocycles. The summed E-state index contributed by atoms with van der Waals surface area (Å²) in [6.45, 7) is 8.00. The van der Waals surface area contributed by atoms with Gasteiger partial charge in [0.05, 0.1) is 5.69 Å². The van der Waals surface area contributed by atoms with Gasteiger partial charge >= 0.3 is 0 Å². The summed E-state index contributed by atoms with van der Waals surface area (Å²) in [7, 11) is 0. The summed E-state index contributed by atoms with van der Waals surface area (Å²) < 4.78 is 5.55. The lowest BCUT2D eigenvalue weighted by atomic mass is 10.2. The van der Waals surface area contributed by atoms with Gasteiger partial charge in [-0.15, -0.1) is 0 Å². The van der Waals surface area contributed by atoms with Crippen LogP contribution in [0, 0.1) is 13.8 Å². The minimum atomic E-state index is 0.931. The molecule has 0 saturated carbocycles. The maximum Gasteiger partial charge on any atom is 0.151 e. The van der Waals surface area contributed by atoms with Crippen molar-refractivity contribution in [1.82, 2.24) is 15.5 Å². The summed E-state index contributed by atoms with van der Waals surface area (Å²) in [5, 5.41) is 10.8. The van der Waals surface area contributed by atoms with Gasteiger partial charge in [0.2, 0.25) is 0 Å². The van der Waals surface area contributed by atoms with Crippen molar-refractivity contribution in [2.24, 2.45) is 0 Å². The number of nitrogens with one attached hydrogen (secondary N) is 2. The second-order valence-electron chi connectivity index (χ2n) is 4.70. The fraction of sp³-hybridized carbons (Fsp3) is 0.462. The van der Waals surface area contributed by atoms with E-state index in [9.17, 15) is 0 Å². The van der Waals surface area contributed by atoms with E-state index < -0.39 is 0 Å². The van der Waals surface area contributed by atoms with Gasteiger partial charge in [0.1, 0.15) is 11.5 Å². The smallest absolute Gasteiger partial charge is 0.151 e. The molecule has 1 aliphatic rings. The predicted molar refractivity (Wildman–Crippen MR) is 70.8 cm³/mol. The highest BCUT2D eigenvalue weighted by Crippen LogP contribution is 2.27. The van der Waals surface area contributed by atoms with Gasteiger partial charge in [0.25, 0.3) is 0 Å². The van der Waals surface area contributed by atoms with E-state index in [1.807, 2.05) is 19.9 Å². The van der Waals surface area contributed by atoms with E-state index in [0.29, 0.717) is 0 Å². The number of nitrogens with zero attached hydrogens (tertiary/aromatic N) is 2. The van der Waals surface area contributed by atoms with E-state index in [2.05, 4.69) is 26.5 Å². The summed E-state index contributed by atoms with van der Waals surface area (Å²) in [6, 6.07) is 4.15. The molecule has 1 aliphatic heterocycles. The van der Waals surface area contributed by atoms with E-state index in [4.69, 9.17) is 4.42 Å². The lowest BCUT2D eigenvalue weighted by Crippen LogP contribution is -2.43. The quantitative estimate of drug-likeness (QED) is 0.846. The molecule has 0 spiro atoms. The Morgan fingerprint density at radius 1 is 1.22 bits per heavy atom. The molecule has 18 heavy (non-hydrogen) atoms. The van der Waals surface area contributed by atoms with Gasteiger partial charge < -0.3 is 14.6 Å². The summed E-state index contributed by atoms with van der Waals surface area (Å²) in [4.78, 5) is 2.29. The zero-order valence-electron chi connectivity index (χ0n) is 10.8. The Morgan fingerprint density at radius 2 is 2.00 bits per heavy atom. The fourth-order valence-electron chi connectivity index (χ4n) is 2.40. The van der Waals surface area contributed by atoms with Crippen LogP contribution in [0.4, 0.5) is 5.82 Å². The molecule has 0 amide bonds. The average molecular weight is 246 g/mol. The number of hydrogen-bond donors (Lipinski definition) is 2. The van der Waals surface area contributed by atoms with E-state index in [1.54, 1.807) is 0 Å². The van der Waals surface area contributed by atoms with Gasteiger partial charge in [0.15, 0.2) is 5.82 Å². The fourth-order valence-corrected chi connectivity index (χ4v) is 2.40. The predicted octanol–water partition coefficient (Wildman–Crippen LogP) is 1.70. The normalized spacial score (nSPS) is 16.2. The largest absolute Gasteiger partial charge is 0.466 e. The highest BCUT2D eigenvalue weighted by Gasteiger charge is 2.15. The van der Waals surface area contributed by atoms with Gasteiger partial charge in [-0.05, 0) is 19.9 Å². The van der Waals surface area contributed by atoms with Crippen LogP contribution >= 0.6 is 0 Å². The minimum Gasteiger partial charge on any atom is -0.466 e. The first-order valence-electron chi connectivity index (χ1n) is 6.32. The number of H-pyrrole nitrogens is 1. The van der Waals surface area contributed by atoms with Crippen molar-refractivity contribution in [2.75, 3.05) is 31.1 Å². The molecule has 5 heteroatoms. The molecule has 96 valence electrons. The summed E-state index contributed by atoms with van der Waals surface area (Å²) in [5.41, 5.74) is 2.12. The molecule has 3 rings (SSSR count). The van der Waals surface area contributed by atoms with E-state index in [-0.39, 0.29) is 0 Å². The highest BCUT2D eigenvalue weighted by molar-refractivity contribution is 5.65. The molecule has 2 aromatic heterocycles. The lowest BCUT2D eigenvalue weighted by Gasteiger charge is -2.26. The zero-order valence-corrected chi connectivity index (χ0v) is 10.8. The maximum absolute atomic E-state index is 5.55. The second-order valence-corrected chi connectivity index (χ2v) is 4.70. The first-order valence-corrected chi connectivity index (χ1v) is 6.32. The molecular weight excluding hydrogens is 228 g/mol. The Bertz CT molecular complexity index is 537. The van der Waals surface area contributed by atoms with Crippen molar-refractivity contribution >= 4 is 5.82 Å². The van der Waals surface area contributed by atoms with Crippen molar-refractivity contribution in [1.29, 1.82) is 0 Å².